The summed E-state index contributed by atoms with van der Waals surface area (Å²) >= 11 is 0. The average Bonchev–Trinajstić information content (AvgIpc) is 3.10. The van der Waals surface area contributed by atoms with Crippen LogP contribution in [0.15, 0.2) is 22.6 Å². The van der Waals surface area contributed by atoms with Crippen molar-refractivity contribution in [2.45, 2.75) is 45.8 Å². The van der Waals surface area contributed by atoms with Crippen LogP contribution in [-0.2, 0) is 9.53 Å². The van der Waals surface area contributed by atoms with Gasteiger partial charge in [-0.25, -0.2) is 0 Å². The van der Waals surface area contributed by atoms with Gasteiger partial charge in [-0.15, -0.1) is 0 Å². The molecule has 1 aromatic heterocycles. The first-order valence-corrected chi connectivity index (χ1v) is 10.1. The van der Waals surface area contributed by atoms with E-state index in [2.05, 4.69) is 9.88 Å². The molecule has 2 fully saturated rings. The number of fused-ring (bicyclic) bond motifs is 1. The molecular formula is C21H30N4O3. The SMILES string of the molecule is CCOC1CC(N)(C(=O)N2CCN(c3nc4cc(C)ccc4o3)CC2)C1(C)C. The van der Waals surface area contributed by atoms with E-state index in [0.29, 0.717) is 45.2 Å². The van der Waals surface area contributed by atoms with Crippen LogP contribution in [0, 0.1) is 12.3 Å². The van der Waals surface area contributed by atoms with Gasteiger partial charge >= 0.3 is 0 Å². The Morgan fingerprint density at radius 2 is 2.04 bits per heavy atom. The molecular weight excluding hydrogens is 356 g/mol. The predicted molar refractivity (Wildman–Crippen MR) is 108 cm³/mol. The lowest BCUT2D eigenvalue weighted by Crippen LogP contribution is -2.76. The van der Waals surface area contributed by atoms with Gasteiger partial charge in [0.1, 0.15) is 11.1 Å². The monoisotopic (exact) mass is 386 g/mol. The lowest BCUT2D eigenvalue weighted by molar-refractivity contribution is -0.179. The maximum atomic E-state index is 13.2. The van der Waals surface area contributed by atoms with Crippen molar-refractivity contribution in [2.24, 2.45) is 11.1 Å². The van der Waals surface area contributed by atoms with E-state index in [1.807, 2.05) is 50.8 Å². The predicted octanol–water partition coefficient (Wildman–Crippen LogP) is 2.32. The quantitative estimate of drug-likeness (QED) is 0.868. The molecule has 2 aliphatic rings. The van der Waals surface area contributed by atoms with Crippen LogP contribution in [0.1, 0.15) is 32.8 Å². The van der Waals surface area contributed by atoms with Crippen LogP contribution >= 0.6 is 0 Å². The van der Waals surface area contributed by atoms with E-state index >= 15 is 0 Å². The van der Waals surface area contributed by atoms with E-state index in [0.717, 1.165) is 16.7 Å². The van der Waals surface area contributed by atoms with Gasteiger partial charge in [0.05, 0.1) is 6.10 Å². The van der Waals surface area contributed by atoms with Gasteiger partial charge in [0, 0.05) is 44.6 Å². The summed E-state index contributed by atoms with van der Waals surface area (Å²) in [6.07, 6.45) is 0.619. The minimum atomic E-state index is -0.857. The van der Waals surface area contributed by atoms with E-state index in [1.54, 1.807) is 0 Å². The average molecular weight is 386 g/mol. The largest absolute Gasteiger partial charge is 0.423 e. The van der Waals surface area contributed by atoms with Crippen LogP contribution in [0.25, 0.3) is 11.1 Å². The third-order valence-corrected chi connectivity index (χ3v) is 6.58. The summed E-state index contributed by atoms with van der Waals surface area (Å²) in [4.78, 5) is 21.8. The minimum Gasteiger partial charge on any atom is -0.423 e. The molecule has 1 amide bonds. The molecule has 7 nitrogen and oxygen atoms in total. The maximum absolute atomic E-state index is 13.2. The highest BCUT2D eigenvalue weighted by Gasteiger charge is 2.63. The molecule has 2 atom stereocenters. The Morgan fingerprint density at radius 1 is 1.32 bits per heavy atom. The van der Waals surface area contributed by atoms with Crippen LogP contribution in [0.3, 0.4) is 0 Å². The van der Waals surface area contributed by atoms with Crippen molar-refractivity contribution >= 4 is 23.0 Å². The molecule has 2 heterocycles. The molecule has 0 radical (unpaired) electrons. The third kappa shape index (κ3) is 2.88. The summed E-state index contributed by atoms with van der Waals surface area (Å²) in [5.74, 6) is 0.0290. The highest BCUT2D eigenvalue weighted by molar-refractivity contribution is 5.89. The number of hydrogen-bond donors (Lipinski definition) is 1. The number of carbonyl (C=O) groups excluding carboxylic acids is 1. The molecule has 0 bridgehead atoms. The van der Waals surface area contributed by atoms with Crippen molar-refractivity contribution in [3.63, 3.8) is 0 Å². The summed E-state index contributed by atoms with van der Waals surface area (Å²) in [6.45, 7) is 11.3. The lowest BCUT2D eigenvalue weighted by Gasteiger charge is -2.59. The van der Waals surface area contributed by atoms with Gasteiger partial charge in [-0.05, 0) is 31.5 Å². The van der Waals surface area contributed by atoms with Crippen LogP contribution in [0.2, 0.25) is 0 Å². The second-order valence-electron chi connectivity index (χ2n) is 8.59. The van der Waals surface area contributed by atoms with Gasteiger partial charge in [0.15, 0.2) is 5.58 Å². The molecule has 7 heteroatoms. The fourth-order valence-electron chi connectivity index (χ4n) is 4.34. The van der Waals surface area contributed by atoms with Gasteiger partial charge in [0.2, 0.25) is 5.91 Å². The van der Waals surface area contributed by atoms with Gasteiger partial charge in [0.25, 0.3) is 6.01 Å². The zero-order chi connectivity index (χ0) is 20.1. The Hall–Kier alpha value is -2.12. The van der Waals surface area contributed by atoms with Gasteiger partial charge in [-0.1, -0.05) is 19.9 Å². The zero-order valence-corrected chi connectivity index (χ0v) is 17.2. The van der Waals surface area contributed by atoms with Gasteiger partial charge < -0.3 is 24.7 Å². The van der Waals surface area contributed by atoms with Gasteiger partial charge in [-0.2, -0.15) is 4.98 Å². The lowest BCUT2D eigenvalue weighted by atomic mass is 9.54. The molecule has 1 aliphatic carbocycles. The molecule has 2 unspecified atom stereocenters. The molecule has 4 rings (SSSR count). The molecule has 2 aromatic rings. The smallest absolute Gasteiger partial charge is 0.298 e. The summed E-state index contributed by atoms with van der Waals surface area (Å²) in [7, 11) is 0. The number of nitrogens with zero attached hydrogens (tertiary/aromatic N) is 3. The van der Waals surface area contributed by atoms with Crippen molar-refractivity contribution < 1.29 is 13.9 Å². The number of amides is 1. The number of rotatable bonds is 4. The second kappa shape index (κ2) is 6.74. The molecule has 0 spiro atoms. The first-order chi connectivity index (χ1) is 13.3. The summed E-state index contributed by atoms with van der Waals surface area (Å²) in [5.41, 5.74) is 8.16. The number of hydrogen-bond acceptors (Lipinski definition) is 6. The van der Waals surface area contributed by atoms with Crippen LogP contribution in [0.4, 0.5) is 6.01 Å². The Balaban J connectivity index is 1.41. The number of ether oxygens (including phenoxy) is 1. The van der Waals surface area contributed by atoms with Crippen molar-refractivity contribution in [3.8, 4) is 0 Å². The van der Waals surface area contributed by atoms with E-state index < -0.39 is 5.54 Å². The van der Waals surface area contributed by atoms with E-state index in [9.17, 15) is 4.79 Å². The molecule has 2 N–H and O–H groups in total. The minimum absolute atomic E-state index is 0.0290. The topological polar surface area (TPSA) is 84.8 Å². The highest BCUT2D eigenvalue weighted by Crippen LogP contribution is 2.50. The van der Waals surface area contributed by atoms with Crippen molar-refractivity contribution in [2.75, 3.05) is 37.7 Å². The van der Waals surface area contributed by atoms with Crippen molar-refractivity contribution in [3.05, 3.63) is 23.8 Å². The Bertz CT molecular complexity index is 885. The second-order valence-corrected chi connectivity index (χ2v) is 8.59. The first-order valence-electron chi connectivity index (χ1n) is 10.1. The standard InChI is InChI=1S/C21H30N4O3/c1-5-27-17-13-21(22,20(17,3)4)18(26)24-8-10-25(11-9-24)19-23-15-12-14(2)6-7-16(15)28-19/h6-7,12,17H,5,8-11,13,22H2,1-4H3. The third-order valence-electron chi connectivity index (χ3n) is 6.58. The van der Waals surface area contributed by atoms with Crippen LogP contribution in [0.5, 0.6) is 0 Å². The molecule has 152 valence electrons. The number of piperazine rings is 1. The molecule has 1 aromatic carbocycles. The molecule has 28 heavy (non-hydrogen) atoms. The normalized spacial score (nSPS) is 27.1. The fourth-order valence-corrected chi connectivity index (χ4v) is 4.34. The summed E-state index contributed by atoms with van der Waals surface area (Å²) < 4.78 is 11.7. The molecule has 1 saturated carbocycles. The van der Waals surface area contributed by atoms with Crippen molar-refractivity contribution in [1.29, 1.82) is 0 Å². The number of carbonyl (C=O) groups is 1. The number of oxazole rings is 1. The fraction of sp³-hybridized carbons (Fsp3) is 0.619. The number of benzene rings is 1. The van der Waals surface area contributed by atoms with E-state index in [-0.39, 0.29) is 17.4 Å². The Morgan fingerprint density at radius 3 is 2.68 bits per heavy atom. The summed E-state index contributed by atoms with van der Waals surface area (Å²) in [5, 5.41) is 0. The Labute approximate surface area is 165 Å². The molecule has 1 aliphatic heterocycles. The maximum Gasteiger partial charge on any atom is 0.298 e. The summed E-state index contributed by atoms with van der Waals surface area (Å²) in [6, 6.07) is 6.61. The van der Waals surface area contributed by atoms with Crippen LogP contribution in [-0.4, -0.2) is 60.2 Å². The number of anilines is 1. The number of nitrogens with two attached hydrogens (primary N) is 1. The van der Waals surface area contributed by atoms with Crippen molar-refractivity contribution in [1.82, 2.24) is 9.88 Å². The Kier molecular flexibility index (Phi) is 4.62. The van der Waals surface area contributed by atoms with Crippen LogP contribution < -0.4 is 10.6 Å². The first kappa shape index (κ1) is 19.2. The number of aryl methyl sites for hydroxylation is 1. The molecule has 1 saturated heterocycles. The number of aromatic nitrogens is 1. The zero-order valence-electron chi connectivity index (χ0n) is 17.2. The van der Waals surface area contributed by atoms with E-state index in [4.69, 9.17) is 14.9 Å². The highest BCUT2D eigenvalue weighted by atomic mass is 16.5. The van der Waals surface area contributed by atoms with Gasteiger partial charge in [-0.3, -0.25) is 4.79 Å². The van der Waals surface area contributed by atoms with E-state index in [1.165, 1.54) is 0 Å².